The van der Waals surface area contributed by atoms with Gasteiger partial charge in [0.05, 0.1) is 16.3 Å². The third-order valence-electron chi connectivity index (χ3n) is 3.23. The van der Waals surface area contributed by atoms with E-state index in [1.807, 2.05) is 0 Å². The van der Waals surface area contributed by atoms with Crippen LogP contribution in [0.1, 0.15) is 19.8 Å². The van der Waals surface area contributed by atoms with Gasteiger partial charge in [-0.05, 0) is 18.6 Å². The monoisotopic (exact) mass is 282 g/mol. The Morgan fingerprint density at radius 1 is 1.37 bits per heavy atom. The number of carbonyl (C=O) groups is 1. The van der Waals surface area contributed by atoms with E-state index in [4.69, 9.17) is 0 Å². The predicted octanol–water partition coefficient (Wildman–Crippen LogP) is 1.17. The molecule has 0 saturated carbocycles. The summed E-state index contributed by atoms with van der Waals surface area (Å²) in [6, 6.07) is 6.94. The zero-order valence-corrected chi connectivity index (χ0v) is 11.7. The molecule has 1 heterocycles. The third-order valence-corrected chi connectivity index (χ3v) is 5.01. The van der Waals surface area contributed by atoms with Crippen molar-refractivity contribution in [1.82, 2.24) is 5.32 Å². The van der Waals surface area contributed by atoms with Gasteiger partial charge >= 0.3 is 0 Å². The molecule has 0 radical (unpaired) electrons. The number of benzene rings is 1. The van der Waals surface area contributed by atoms with Gasteiger partial charge < -0.3 is 10.6 Å². The smallest absolute Gasteiger partial charge is 0.220 e. The normalized spacial score (nSPS) is 19.2. The standard InChI is InChI=1S/C13H18N2O3S/c1-2-19(17,18)12-6-4-3-5-11(12)14-9-10-7-8-13(16)15-10/h3-6,10,14H,2,7-9H2,1H3,(H,15,16). The Morgan fingerprint density at radius 2 is 2.11 bits per heavy atom. The number of amides is 1. The number of carbonyl (C=O) groups excluding carboxylic acids is 1. The van der Waals surface area contributed by atoms with Crippen molar-refractivity contribution in [1.29, 1.82) is 0 Å². The first-order valence-corrected chi connectivity index (χ1v) is 8.03. The molecule has 1 aliphatic rings. The van der Waals surface area contributed by atoms with Crippen molar-refractivity contribution in [3.05, 3.63) is 24.3 Å². The molecule has 0 spiro atoms. The number of nitrogens with one attached hydrogen (secondary N) is 2. The second kappa shape index (κ2) is 5.61. The highest BCUT2D eigenvalue weighted by molar-refractivity contribution is 7.91. The molecule has 19 heavy (non-hydrogen) atoms. The maximum Gasteiger partial charge on any atom is 0.220 e. The molecule has 1 aromatic carbocycles. The molecule has 6 heteroatoms. The number of para-hydroxylation sites is 1. The lowest BCUT2D eigenvalue weighted by molar-refractivity contribution is -0.119. The van der Waals surface area contributed by atoms with E-state index >= 15 is 0 Å². The lowest BCUT2D eigenvalue weighted by Crippen LogP contribution is -2.32. The van der Waals surface area contributed by atoms with Gasteiger partial charge in [0.2, 0.25) is 5.91 Å². The molecule has 2 N–H and O–H groups in total. The lowest BCUT2D eigenvalue weighted by atomic mass is 10.2. The second-order valence-corrected chi connectivity index (χ2v) is 6.83. The van der Waals surface area contributed by atoms with Crippen LogP contribution in [0.25, 0.3) is 0 Å². The van der Waals surface area contributed by atoms with Crippen LogP contribution in [0.3, 0.4) is 0 Å². The molecular weight excluding hydrogens is 264 g/mol. The van der Waals surface area contributed by atoms with Crippen LogP contribution in [-0.4, -0.2) is 32.7 Å². The van der Waals surface area contributed by atoms with Crippen LogP contribution in [0, 0.1) is 0 Å². The van der Waals surface area contributed by atoms with Crippen LogP contribution in [0.4, 0.5) is 5.69 Å². The summed E-state index contributed by atoms with van der Waals surface area (Å²) in [5.41, 5.74) is 0.602. The van der Waals surface area contributed by atoms with Gasteiger partial charge in [-0.2, -0.15) is 0 Å². The summed E-state index contributed by atoms with van der Waals surface area (Å²) in [4.78, 5) is 11.4. The summed E-state index contributed by atoms with van der Waals surface area (Å²) >= 11 is 0. The minimum Gasteiger partial charge on any atom is -0.382 e. The highest BCUT2D eigenvalue weighted by Crippen LogP contribution is 2.22. The van der Waals surface area contributed by atoms with Crippen molar-refractivity contribution in [2.75, 3.05) is 17.6 Å². The average Bonchev–Trinajstić information content (AvgIpc) is 2.82. The third kappa shape index (κ3) is 3.26. The van der Waals surface area contributed by atoms with Crippen LogP contribution in [0.2, 0.25) is 0 Å². The Bertz CT molecular complexity index is 569. The first-order chi connectivity index (χ1) is 9.03. The minimum absolute atomic E-state index is 0.0567. The molecule has 0 aromatic heterocycles. The summed E-state index contributed by atoms with van der Waals surface area (Å²) in [6.07, 6.45) is 1.33. The molecular formula is C13H18N2O3S. The fourth-order valence-corrected chi connectivity index (χ4v) is 3.18. The molecule has 1 unspecified atom stereocenters. The molecule has 0 bridgehead atoms. The zero-order chi connectivity index (χ0) is 13.9. The predicted molar refractivity (Wildman–Crippen MR) is 73.8 cm³/mol. The highest BCUT2D eigenvalue weighted by atomic mass is 32.2. The number of hydrogen-bond acceptors (Lipinski definition) is 4. The quantitative estimate of drug-likeness (QED) is 0.850. The highest BCUT2D eigenvalue weighted by Gasteiger charge is 2.21. The van der Waals surface area contributed by atoms with E-state index in [0.29, 0.717) is 23.5 Å². The summed E-state index contributed by atoms with van der Waals surface area (Å²) < 4.78 is 23.9. The van der Waals surface area contributed by atoms with Crippen molar-refractivity contribution in [2.24, 2.45) is 0 Å². The summed E-state index contributed by atoms with van der Waals surface area (Å²) in [5.74, 6) is 0.132. The molecule has 104 valence electrons. The topological polar surface area (TPSA) is 75.3 Å². The van der Waals surface area contributed by atoms with E-state index in [-0.39, 0.29) is 17.7 Å². The lowest BCUT2D eigenvalue weighted by Gasteiger charge is -2.15. The molecule has 2 rings (SSSR count). The largest absolute Gasteiger partial charge is 0.382 e. The van der Waals surface area contributed by atoms with E-state index in [1.54, 1.807) is 31.2 Å². The van der Waals surface area contributed by atoms with Gasteiger partial charge in [0, 0.05) is 19.0 Å². The molecule has 1 atom stereocenters. The van der Waals surface area contributed by atoms with Gasteiger partial charge in [-0.3, -0.25) is 4.79 Å². The van der Waals surface area contributed by atoms with E-state index in [0.717, 1.165) is 6.42 Å². The second-order valence-electron chi connectivity index (χ2n) is 4.58. The number of rotatable bonds is 5. The van der Waals surface area contributed by atoms with E-state index < -0.39 is 9.84 Å². The molecule has 1 fully saturated rings. The maximum absolute atomic E-state index is 12.0. The van der Waals surface area contributed by atoms with Gasteiger partial charge in [-0.1, -0.05) is 19.1 Å². The van der Waals surface area contributed by atoms with Crippen LogP contribution in [0.5, 0.6) is 0 Å². The van der Waals surface area contributed by atoms with Crippen molar-refractivity contribution in [3.63, 3.8) is 0 Å². The fraction of sp³-hybridized carbons (Fsp3) is 0.462. The van der Waals surface area contributed by atoms with Crippen LogP contribution in [0.15, 0.2) is 29.2 Å². The van der Waals surface area contributed by atoms with Crippen molar-refractivity contribution >= 4 is 21.4 Å². The Labute approximate surface area is 113 Å². The Hall–Kier alpha value is -1.56. The summed E-state index contributed by atoms with van der Waals surface area (Å²) in [6.45, 7) is 2.17. The number of anilines is 1. The van der Waals surface area contributed by atoms with Crippen LogP contribution in [-0.2, 0) is 14.6 Å². The molecule has 1 aliphatic heterocycles. The van der Waals surface area contributed by atoms with Gasteiger partial charge in [0.25, 0.3) is 0 Å². The van der Waals surface area contributed by atoms with E-state index in [1.165, 1.54) is 0 Å². The zero-order valence-electron chi connectivity index (χ0n) is 10.8. The molecule has 1 amide bonds. The van der Waals surface area contributed by atoms with Crippen molar-refractivity contribution < 1.29 is 13.2 Å². The van der Waals surface area contributed by atoms with Crippen LogP contribution >= 0.6 is 0 Å². The Morgan fingerprint density at radius 3 is 2.74 bits per heavy atom. The number of hydrogen-bond donors (Lipinski definition) is 2. The van der Waals surface area contributed by atoms with Gasteiger partial charge in [-0.15, -0.1) is 0 Å². The van der Waals surface area contributed by atoms with E-state index in [9.17, 15) is 13.2 Å². The minimum atomic E-state index is -3.24. The first-order valence-electron chi connectivity index (χ1n) is 6.38. The average molecular weight is 282 g/mol. The maximum atomic E-state index is 12.0. The van der Waals surface area contributed by atoms with Crippen LogP contribution < -0.4 is 10.6 Å². The molecule has 5 nitrogen and oxygen atoms in total. The van der Waals surface area contributed by atoms with Gasteiger partial charge in [-0.25, -0.2) is 8.42 Å². The summed E-state index contributed by atoms with van der Waals surface area (Å²) in [5, 5.41) is 5.97. The summed E-state index contributed by atoms with van der Waals surface area (Å²) in [7, 11) is -3.24. The van der Waals surface area contributed by atoms with Crippen molar-refractivity contribution in [2.45, 2.75) is 30.7 Å². The Kier molecular flexibility index (Phi) is 4.09. The number of sulfone groups is 1. The molecule has 0 aliphatic carbocycles. The molecule has 1 saturated heterocycles. The molecule has 1 aromatic rings. The van der Waals surface area contributed by atoms with Crippen molar-refractivity contribution in [3.8, 4) is 0 Å². The Balaban J connectivity index is 2.10. The van der Waals surface area contributed by atoms with Gasteiger partial charge in [0.15, 0.2) is 9.84 Å². The van der Waals surface area contributed by atoms with E-state index in [2.05, 4.69) is 10.6 Å². The fourth-order valence-electron chi connectivity index (χ4n) is 2.10. The van der Waals surface area contributed by atoms with Gasteiger partial charge in [0.1, 0.15) is 0 Å². The first kappa shape index (κ1) is 13.9. The SMILES string of the molecule is CCS(=O)(=O)c1ccccc1NCC1CCC(=O)N1.